The van der Waals surface area contributed by atoms with Gasteiger partial charge in [0.25, 0.3) is 0 Å². The smallest absolute Gasteiger partial charge is 0.313 e. The summed E-state index contributed by atoms with van der Waals surface area (Å²) in [7, 11) is 0. The Morgan fingerprint density at radius 2 is 2.00 bits per heavy atom. The molecule has 17 heavy (non-hydrogen) atoms. The molecule has 0 bridgehead atoms. The second kappa shape index (κ2) is 4.29. The van der Waals surface area contributed by atoms with Crippen molar-refractivity contribution < 1.29 is 14.4 Å². The number of phenols is 1. The summed E-state index contributed by atoms with van der Waals surface area (Å²) >= 11 is 0. The molecule has 3 N–H and O–H groups in total. The predicted octanol–water partition coefficient (Wildman–Crippen LogP) is 2.49. The third kappa shape index (κ3) is 2.71. The molecule has 0 heterocycles. The topological polar surface area (TPSA) is 89.4 Å². The van der Waals surface area contributed by atoms with Gasteiger partial charge in [-0.3, -0.25) is 10.1 Å². The molecule has 0 saturated carbocycles. The van der Waals surface area contributed by atoms with Crippen LogP contribution in [0.2, 0.25) is 0 Å². The number of nitrogens with zero attached hydrogens (tertiary/aromatic N) is 1. The van der Waals surface area contributed by atoms with E-state index in [0.29, 0.717) is 6.07 Å². The van der Waals surface area contributed by atoms with Crippen LogP contribution in [0.3, 0.4) is 0 Å². The summed E-state index contributed by atoms with van der Waals surface area (Å²) in [6, 6.07) is 1.00. The highest BCUT2D eigenvalue weighted by molar-refractivity contribution is 5.52. The molecular weight excluding hydrogens is 227 g/mol. The zero-order chi connectivity index (χ0) is 13.4. The van der Waals surface area contributed by atoms with Crippen molar-refractivity contribution >= 4 is 5.69 Å². The number of aromatic hydroxyl groups is 1. The number of nitro benzene ring substituents is 1. The fourth-order valence-corrected chi connectivity index (χ4v) is 1.45. The number of phenolic OH excluding ortho intramolecular Hbond substituents is 1. The lowest BCUT2D eigenvalue weighted by atomic mass is 9.82. The highest BCUT2D eigenvalue weighted by Gasteiger charge is 2.29. The Balaban J connectivity index is 3.40. The molecular formula is C11H15FN2O3. The average molecular weight is 242 g/mol. The number of nitro groups is 1. The Labute approximate surface area is 98.2 Å². The van der Waals surface area contributed by atoms with Crippen LogP contribution in [-0.2, 0) is 0 Å². The molecule has 6 heteroatoms. The van der Waals surface area contributed by atoms with E-state index in [1.54, 1.807) is 20.8 Å². The van der Waals surface area contributed by atoms with Gasteiger partial charge in [-0.05, 0) is 11.5 Å². The minimum absolute atomic E-state index is 0.0456. The van der Waals surface area contributed by atoms with E-state index >= 15 is 0 Å². The van der Waals surface area contributed by atoms with E-state index in [2.05, 4.69) is 0 Å². The number of halogens is 1. The lowest BCUT2D eigenvalue weighted by Gasteiger charge is -2.27. The van der Waals surface area contributed by atoms with E-state index in [4.69, 9.17) is 5.73 Å². The summed E-state index contributed by atoms with van der Waals surface area (Å²) in [6.45, 7) is 5.40. The van der Waals surface area contributed by atoms with Crippen LogP contribution in [0, 0.1) is 21.3 Å². The largest absolute Gasteiger partial charge is 0.502 e. The van der Waals surface area contributed by atoms with Crippen molar-refractivity contribution in [3.63, 3.8) is 0 Å². The minimum atomic E-state index is -0.836. The van der Waals surface area contributed by atoms with Crippen LogP contribution >= 0.6 is 0 Å². The number of rotatable bonds is 2. The summed E-state index contributed by atoms with van der Waals surface area (Å²) in [4.78, 5) is 9.80. The molecule has 5 nitrogen and oxygen atoms in total. The molecule has 0 unspecified atom stereocenters. The average Bonchev–Trinajstić information content (AvgIpc) is 2.18. The summed E-state index contributed by atoms with van der Waals surface area (Å²) < 4.78 is 13.2. The van der Waals surface area contributed by atoms with E-state index in [9.17, 15) is 19.6 Å². The van der Waals surface area contributed by atoms with Gasteiger partial charge in [0.05, 0.1) is 11.0 Å². The zero-order valence-corrected chi connectivity index (χ0v) is 9.90. The molecule has 0 aliphatic heterocycles. The van der Waals surface area contributed by atoms with Crippen LogP contribution in [-0.4, -0.2) is 10.0 Å². The van der Waals surface area contributed by atoms with Crippen molar-refractivity contribution in [1.82, 2.24) is 0 Å². The highest BCUT2D eigenvalue weighted by atomic mass is 19.1. The van der Waals surface area contributed by atoms with Crippen molar-refractivity contribution in [2.45, 2.75) is 26.8 Å². The van der Waals surface area contributed by atoms with E-state index < -0.39 is 33.6 Å². The van der Waals surface area contributed by atoms with Gasteiger partial charge in [0, 0.05) is 11.6 Å². The second-order valence-corrected chi connectivity index (χ2v) is 4.96. The number of benzene rings is 1. The molecule has 1 aromatic rings. The van der Waals surface area contributed by atoms with E-state index in [-0.39, 0.29) is 5.56 Å². The fraction of sp³-hybridized carbons (Fsp3) is 0.455. The molecule has 0 aliphatic carbocycles. The van der Waals surface area contributed by atoms with Crippen LogP contribution in [0.1, 0.15) is 32.4 Å². The number of hydrogen-bond acceptors (Lipinski definition) is 4. The first kappa shape index (κ1) is 13.4. The maximum atomic E-state index is 13.2. The molecule has 1 aromatic carbocycles. The van der Waals surface area contributed by atoms with Crippen LogP contribution in [0.25, 0.3) is 0 Å². The molecule has 0 radical (unpaired) electrons. The molecule has 0 aromatic heterocycles. The fourth-order valence-electron chi connectivity index (χ4n) is 1.45. The Morgan fingerprint density at radius 3 is 2.41 bits per heavy atom. The Bertz CT molecular complexity index is 455. The Morgan fingerprint density at radius 1 is 1.47 bits per heavy atom. The number of hydrogen-bond donors (Lipinski definition) is 2. The standard InChI is InChI=1S/C11H15FN2O3/c1-11(2,3)10(13)7-4-6(12)5-8(9(7)15)14(16)17/h4-5,10,15H,13H2,1-3H3/t10-/m0/s1. The minimum Gasteiger partial charge on any atom is -0.502 e. The first-order valence-corrected chi connectivity index (χ1v) is 5.07. The quantitative estimate of drug-likeness (QED) is 0.615. The SMILES string of the molecule is CC(C)(C)[C@@H](N)c1cc(F)cc([N+](=O)[O-])c1O. The molecule has 0 spiro atoms. The normalized spacial score (nSPS) is 13.5. The molecule has 1 atom stereocenters. The summed E-state index contributed by atoms with van der Waals surface area (Å²) in [5.41, 5.74) is 4.79. The van der Waals surface area contributed by atoms with Crippen molar-refractivity contribution in [2.24, 2.45) is 11.1 Å². The maximum absolute atomic E-state index is 13.2. The van der Waals surface area contributed by atoms with Gasteiger partial charge in [-0.2, -0.15) is 0 Å². The van der Waals surface area contributed by atoms with Crippen molar-refractivity contribution in [2.75, 3.05) is 0 Å². The summed E-state index contributed by atoms with van der Waals surface area (Å²) in [5, 5.41) is 20.4. The van der Waals surface area contributed by atoms with Gasteiger partial charge >= 0.3 is 5.69 Å². The first-order valence-electron chi connectivity index (χ1n) is 5.07. The van der Waals surface area contributed by atoms with E-state index in [0.717, 1.165) is 6.07 Å². The molecule has 1 rings (SSSR count). The molecule has 94 valence electrons. The van der Waals surface area contributed by atoms with Crippen LogP contribution in [0.4, 0.5) is 10.1 Å². The van der Waals surface area contributed by atoms with Gasteiger partial charge in [0.15, 0.2) is 5.75 Å². The summed E-state index contributed by atoms with van der Waals surface area (Å²) in [5.74, 6) is -1.36. The van der Waals surface area contributed by atoms with Gasteiger partial charge in [0.2, 0.25) is 0 Å². The lowest BCUT2D eigenvalue weighted by Crippen LogP contribution is -2.26. The van der Waals surface area contributed by atoms with Gasteiger partial charge in [-0.25, -0.2) is 4.39 Å². The lowest BCUT2D eigenvalue weighted by molar-refractivity contribution is -0.386. The van der Waals surface area contributed by atoms with Crippen LogP contribution in [0.5, 0.6) is 5.75 Å². The first-order chi connectivity index (χ1) is 7.64. The van der Waals surface area contributed by atoms with Gasteiger partial charge < -0.3 is 10.8 Å². The number of nitrogens with two attached hydrogens (primary N) is 1. The van der Waals surface area contributed by atoms with Crippen molar-refractivity contribution in [3.8, 4) is 5.75 Å². The van der Waals surface area contributed by atoms with Crippen LogP contribution in [0.15, 0.2) is 12.1 Å². The molecule has 0 amide bonds. The maximum Gasteiger partial charge on any atom is 0.313 e. The highest BCUT2D eigenvalue weighted by Crippen LogP contribution is 2.40. The van der Waals surface area contributed by atoms with Gasteiger partial charge in [-0.15, -0.1) is 0 Å². The van der Waals surface area contributed by atoms with E-state index in [1.807, 2.05) is 0 Å². The van der Waals surface area contributed by atoms with Crippen molar-refractivity contribution in [3.05, 3.63) is 33.6 Å². The molecule has 0 saturated heterocycles. The Hall–Kier alpha value is -1.69. The van der Waals surface area contributed by atoms with Gasteiger partial charge in [-0.1, -0.05) is 20.8 Å². The Kier molecular flexibility index (Phi) is 3.38. The van der Waals surface area contributed by atoms with E-state index in [1.165, 1.54) is 0 Å². The van der Waals surface area contributed by atoms with Crippen LogP contribution < -0.4 is 5.73 Å². The summed E-state index contributed by atoms with van der Waals surface area (Å²) in [6.07, 6.45) is 0. The third-order valence-electron chi connectivity index (χ3n) is 2.55. The predicted molar refractivity (Wildman–Crippen MR) is 61.1 cm³/mol. The second-order valence-electron chi connectivity index (χ2n) is 4.96. The third-order valence-corrected chi connectivity index (χ3v) is 2.55. The van der Waals surface area contributed by atoms with Crippen molar-refractivity contribution in [1.29, 1.82) is 0 Å². The van der Waals surface area contributed by atoms with Gasteiger partial charge in [0.1, 0.15) is 5.82 Å². The molecule has 0 aliphatic rings. The zero-order valence-electron chi connectivity index (χ0n) is 9.90. The molecule has 0 fully saturated rings. The monoisotopic (exact) mass is 242 g/mol.